The normalized spacial score (nSPS) is 10.5. The van der Waals surface area contributed by atoms with Gasteiger partial charge in [0.2, 0.25) is 0 Å². The molecular weight excluding hydrogens is 272 g/mol. The fraction of sp³-hybridized carbons (Fsp3) is 0. The van der Waals surface area contributed by atoms with Crippen molar-refractivity contribution >= 4 is 18.1 Å². The fourth-order valence-corrected chi connectivity index (χ4v) is 1.64. The molecule has 0 aliphatic carbocycles. The molecule has 0 aromatic heterocycles. The zero-order valence-electron chi connectivity index (χ0n) is 10.9. The maximum absolute atomic E-state index is 11.8. The summed E-state index contributed by atoms with van der Waals surface area (Å²) in [6, 6.07) is 12.2. The molecule has 2 aromatic carbocycles. The predicted octanol–water partition coefficient (Wildman–Crippen LogP) is 1.85. The van der Waals surface area contributed by atoms with Gasteiger partial charge < -0.3 is 10.2 Å². The van der Waals surface area contributed by atoms with Crippen LogP contribution in [-0.4, -0.2) is 28.3 Å². The van der Waals surface area contributed by atoms with Crippen LogP contribution in [0.25, 0.3) is 0 Å². The SMILES string of the molecule is O=C(O)c1cccc(/C=N/NC(=O)c2ccccc2O)c1. The number of carboxylic acids is 1. The summed E-state index contributed by atoms with van der Waals surface area (Å²) in [6.45, 7) is 0. The number of phenolic OH excluding ortho intramolecular Hbond substituents is 1. The lowest BCUT2D eigenvalue weighted by Gasteiger charge is -2.02. The van der Waals surface area contributed by atoms with Crippen molar-refractivity contribution in [2.75, 3.05) is 0 Å². The molecule has 0 aliphatic rings. The summed E-state index contributed by atoms with van der Waals surface area (Å²) in [5.74, 6) is -1.74. The number of benzene rings is 2. The summed E-state index contributed by atoms with van der Waals surface area (Å²) >= 11 is 0. The minimum Gasteiger partial charge on any atom is -0.507 e. The zero-order chi connectivity index (χ0) is 15.2. The van der Waals surface area contributed by atoms with E-state index in [-0.39, 0.29) is 16.9 Å². The number of aromatic hydroxyl groups is 1. The number of phenols is 1. The molecule has 6 nitrogen and oxygen atoms in total. The lowest BCUT2D eigenvalue weighted by Crippen LogP contribution is -2.17. The van der Waals surface area contributed by atoms with Crippen LogP contribution in [0, 0.1) is 0 Å². The van der Waals surface area contributed by atoms with Gasteiger partial charge in [0, 0.05) is 0 Å². The number of hydrogen-bond acceptors (Lipinski definition) is 4. The third-order valence-corrected chi connectivity index (χ3v) is 2.66. The topological polar surface area (TPSA) is 99.0 Å². The molecule has 2 rings (SSSR count). The van der Waals surface area contributed by atoms with Gasteiger partial charge in [-0.05, 0) is 29.8 Å². The molecule has 0 heterocycles. The van der Waals surface area contributed by atoms with Gasteiger partial charge in [0.25, 0.3) is 5.91 Å². The average molecular weight is 284 g/mol. The van der Waals surface area contributed by atoms with Crippen molar-refractivity contribution in [3.8, 4) is 5.75 Å². The Morgan fingerprint density at radius 2 is 1.86 bits per heavy atom. The number of hydrogen-bond donors (Lipinski definition) is 3. The number of rotatable bonds is 4. The Balaban J connectivity index is 2.06. The van der Waals surface area contributed by atoms with Crippen molar-refractivity contribution in [2.45, 2.75) is 0 Å². The Morgan fingerprint density at radius 1 is 1.10 bits per heavy atom. The van der Waals surface area contributed by atoms with Crippen molar-refractivity contribution in [1.29, 1.82) is 0 Å². The van der Waals surface area contributed by atoms with Gasteiger partial charge in [-0.2, -0.15) is 5.10 Å². The molecule has 21 heavy (non-hydrogen) atoms. The van der Waals surface area contributed by atoms with Crippen molar-refractivity contribution in [2.24, 2.45) is 5.10 Å². The average Bonchev–Trinajstić information content (AvgIpc) is 2.48. The quantitative estimate of drug-likeness (QED) is 0.589. The number of para-hydroxylation sites is 1. The van der Waals surface area contributed by atoms with Crippen molar-refractivity contribution < 1.29 is 19.8 Å². The van der Waals surface area contributed by atoms with Gasteiger partial charge >= 0.3 is 5.97 Å². The van der Waals surface area contributed by atoms with Crippen LogP contribution in [0.1, 0.15) is 26.3 Å². The van der Waals surface area contributed by atoms with Gasteiger partial charge in [0.15, 0.2) is 0 Å². The molecule has 0 aliphatic heterocycles. The van der Waals surface area contributed by atoms with E-state index in [9.17, 15) is 14.7 Å². The van der Waals surface area contributed by atoms with E-state index >= 15 is 0 Å². The molecule has 0 unspecified atom stereocenters. The Hall–Kier alpha value is -3.15. The Kier molecular flexibility index (Phi) is 4.30. The van der Waals surface area contributed by atoms with E-state index in [4.69, 9.17) is 5.11 Å². The number of carbonyl (C=O) groups is 2. The highest BCUT2D eigenvalue weighted by Gasteiger charge is 2.08. The predicted molar refractivity (Wildman–Crippen MR) is 76.6 cm³/mol. The standard InChI is InChI=1S/C15H12N2O4/c18-13-7-2-1-6-12(13)14(19)17-16-9-10-4-3-5-11(8-10)15(20)21/h1-9,18H,(H,17,19)(H,20,21)/b16-9+. The van der Waals surface area contributed by atoms with E-state index in [2.05, 4.69) is 10.5 Å². The summed E-state index contributed by atoms with van der Waals surface area (Å²) < 4.78 is 0. The molecule has 2 aromatic rings. The summed E-state index contributed by atoms with van der Waals surface area (Å²) in [5, 5.41) is 22.1. The highest BCUT2D eigenvalue weighted by atomic mass is 16.4. The first-order valence-corrected chi connectivity index (χ1v) is 6.02. The van der Waals surface area contributed by atoms with Crippen molar-refractivity contribution in [3.63, 3.8) is 0 Å². The van der Waals surface area contributed by atoms with Crippen molar-refractivity contribution in [1.82, 2.24) is 5.43 Å². The van der Waals surface area contributed by atoms with Gasteiger partial charge in [-0.15, -0.1) is 0 Å². The minimum absolute atomic E-state index is 0.105. The highest BCUT2D eigenvalue weighted by molar-refractivity contribution is 5.97. The maximum atomic E-state index is 11.8. The number of hydrazone groups is 1. The van der Waals surface area contributed by atoms with Gasteiger partial charge in [0.05, 0.1) is 17.3 Å². The molecule has 106 valence electrons. The molecule has 0 radical (unpaired) electrons. The van der Waals surface area contributed by atoms with E-state index in [0.717, 1.165) is 0 Å². The number of nitrogens with zero attached hydrogens (tertiary/aromatic N) is 1. The molecule has 0 spiro atoms. The number of aromatic carboxylic acids is 1. The largest absolute Gasteiger partial charge is 0.507 e. The molecular formula is C15H12N2O4. The van der Waals surface area contributed by atoms with Crippen LogP contribution in [0.4, 0.5) is 0 Å². The second kappa shape index (κ2) is 6.33. The summed E-state index contributed by atoms with van der Waals surface area (Å²) in [6.07, 6.45) is 1.32. The number of carbonyl (C=O) groups excluding carboxylic acids is 1. The van der Waals surface area contributed by atoms with Gasteiger partial charge in [-0.3, -0.25) is 4.79 Å². The van der Waals surface area contributed by atoms with E-state index in [1.807, 2.05) is 0 Å². The van der Waals surface area contributed by atoms with E-state index in [1.165, 1.54) is 30.5 Å². The second-order valence-corrected chi connectivity index (χ2v) is 4.15. The van der Waals surface area contributed by atoms with Crippen LogP contribution in [0.5, 0.6) is 5.75 Å². The van der Waals surface area contributed by atoms with E-state index < -0.39 is 11.9 Å². The van der Waals surface area contributed by atoms with Crippen LogP contribution in [-0.2, 0) is 0 Å². The number of nitrogens with one attached hydrogen (secondary N) is 1. The minimum atomic E-state index is -1.04. The molecule has 1 amide bonds. The van der Waals surface area contributed by atoms with Gasteiger partial charge in [-0.25, -0.2) is 10.2 Å². The third kappa shape index (κ3) is 3.66. The van der Waals surface area contributed by atoms with Crippen LogP contribution in [0.2, 0.25) is 0 Å². The van der Waals surface area contributed by atoms with E-state index in [0.29, 0.717) is 5.56 Å². The fourth-order valence-electron chi connectivity index (χ4n) is 1.64. The Morgan fingerprint density at radius 3 is 2.57 bits per heavy atom. The number of amides is 1. The Bertz CT molecular complexity index is 710. The number of carboxylic acid groups (broad SMARTS) is 1. The molecule has 0 saturated heterocycles. The molecule has 0 fully saturated rings. The Labute approximate surface area is 120 Å². The first-order chi connectivity index (χ1) is 10.1. The summed E-state index contributed by atoms with van der Waals surface area (Å²) in [5.41, 5.74) is 3.03. The van der Waals surface area contributed by atoms with Crippen molar-refractivity contribution in [3.05, 3.63) is 65.2 Å². The van der Waals surface area contributed by atoms with Crippen LogP contribution >= 0.6 is 0 Å². The first kappa shape index (κ1) is 14.3. The molecule has 3 N–H and O–H groups in total. The van der Waals surface area contributed by atoms with Gasteiger partial charge in [-0.1, -0.05) is 24.3 Å². The molecule has 0 atom stereocenters. The summed E-state index contributed by atoms with van der Waals surface area (Å²) in [4.78, 5) is 22.6. The van der Waals surface area contributed by atoms with E-state index in [1.54, 1.807) is 24.3 Å². The lowest BCUT2D eigenvalue weighted by molar-refractivity contribution is 0.0696. The van der Waals surface area contributed by atoms with Crippen LogP contribution in [0.3, 0.4) is 0 Å². The lowest BCUT2D eigenvalue weighted by atomic mass is 10.1. The molecule has 6 heteroatoms. The summed E-state index contributed by atoms with van der Waals surface area (Å²) in [7, 11) is 0. The zero-order valence-corrected chi connectivity index (χ0v) is 10.9. The maximum Gasteiger partial charge on any atom is 0.335 e. The highest BCUT2D eigenvalue weighted by Crippen LogP contribution is 2.14. The first-order valence-electron chi connectivity index (χ1n) is 6.02. The second-order valence-electron chi connectivity index (χ2n) is 4.15. The van der Waals surface area contributed by atoms with Gasteiger partial charge in [0.1, 0.15) is 5.75 Å². The van der Waals surface area contributed by atoms with Crippen LogP contribution in [0.15, 0.2) is 53.6 Å². The van der Waals surface area contributed by atoms with Crippen LogP contribution < -0.4 is 5.43 Å². The monoisotopic (exact) mass is 284 g/mol. The molecule has 0 saturated carbocycles. The third-order valence-electron chi connectivity index (χ3n) is 2.66. The molecule has 0 bridgehead atoms. The smallest absolute Gasteiger partial charge is 0.335 e.